The Labute approximate surface area is 109 Å². The van der Waals surface area contributed by atoms with E-state index in [4.69, 9.17) is 9.15 Å². The van der Waals surface area contributed by atoms with E-state index in [0.29, 0.717) is 17.5 Å². The quantitative estimate of drug-likeness (QED) is 0.875. The number of hydrogen-bond donors (Lipinski definition) is 1. The average molecular weight is 249 g/mol. The number of rotatable bonds is 2. The van der Waals surface area contributed by atoms with Crippen LogP contribution in [0.5, 0.6) is 0 Å². The zero-order valence-electron chi connectivity index (χ0n) is 11.6. The van der Waals surface area contributed by atoms with E-state index in [1.54, 1.807) is 0 Å². The molecule has 2 heterocycles. The Balaban J connectivity index is 1.83. The monoisotopic (exact) mass is 249 g/mol. The van der Waals surface area contributed by atoms with Gasteiger partial charge in [-0.25, -0.2) is 0 Å². The van der Waals surface area contributed by atoms with Crippen LogP contribution < -0.4 is 5.32 Å². The smallest absolute Gasteiger partial charge is 0.109 e. The molecule has 2 unspecified atom stereocenters. The fourth-order valence-corrected chi connectivity index (χ4v) is 3.28. The number of nitrogens with one attached hydrogen (secondary N) is 1. The first-order chi connectivity index (χ1) is 8.53. The number of furan rings is 1. The van der Waals surface area contributed by atoms with Crippen molar-refractivity contribution in [1.82, 2.24) is 5.32 Å². The summed E-state index contributed by atoms with van der Waals surface area (Å²) in [4.78, 5) is 0. The molecule has 1 aliphatic carbocycles. The fourth-order valence-electron chi connectivity index (χ4n) is 3.28. The Kier molecular flexibility index (Phi) is 2.99. The molecule has 2 aliphatic rings. The predicted molar refractivity (Wildman–Crippen MR) is 70.6 cm³/mol. The van der Waals surface area contributed by atoms with E-state index < -0.39 is 0 Å². The van der Waals surface area contributed by atoms with Crippen LogP contribution in [0.3, 0.4) is 0 Å². The molecule has 18 heavy (non-hydrogen) atoms. The minimum absolute atomic E-state index is 0.314. The van der Waals surface area contributed by atoms with Gasteiger partial charge < -0.3 is 14.5 Å². The van der Waals surface area contributed by atoms with Crippen LogP contribution >= 0.6 is 0 Å². The molecule has 1 aromatic rings. The zero-order valence-corrected chi connectivity index (χ0v) is 11.6. The van der Waals surface area contributed by atoms with Gasteiger partial charge in [0.1, 0.15) is 11.5 Å². The van der Waals surface area contributed by atoms with Gasteiger partial charge in [0.15, 0.2) is 0 Å². The average Bonchev–Trinajstić information content (AvgIpc) is 2.85. The Morgan fingerprint density at radius 2 is 2.22 bits per heavy atom. The third-order valence-electron chi connectivity index (χ3n) is 4.10. The molecular weight excluding hydrogens is 226 g/mol. The van der Waals surface area contributed by atoms with Gasteiger partial charge in [0.25, 0.3) is 0 Å². The summed E-state index contributed by atoms with van der Waals surface area (Å²) in [5, 5.41) is 3.76. The van der Waals surface area contributed by atoms with Crippen LogP contribution in [0.4, 0.5) is 0 Å². The van der Waals surface area contributed by atoms with E-state index in [1.807, 2.05) is 6.92 Å². The highest BCUT2D eigenvalue weighted by Gasteiger charge is 2.36. The van der Waals surface area contributed by atoms with Gasteiger partial charge in [-0.05, 0) is 31.2 Å². The molecule has 0 radical (unpaired) electrons. The van der Waals surface area contributed by atoms with Crippen molar-refractivity contribution >= 4 is 0 Å². The van der Waals surface area contributed by atoms with E-state index in [1.165, 1.54) is 17.7 Å². The second-order valence-corrected chi connectivity index (χ2v) is 6.56. The van der Waals surface area contributed by atoms with Gasteiger partial charge in [-0.3, -0.25) is 0 Å². The van der Waals surface area contributed by atoms with Gasteiger partial charge in [0.2, 0.25) is 0 Å². The number of hydrogen-bond acceptors (Lipinski definition) is 3. The molecule has 1 fully saturated rings. The summed E-state index contributed by atoms with van der Waals surface area (Å²) >= 11 is 0. The summed E-state index contributed by atoms with van der Waals surface area (Å²) in [7, 11) is 0. The highest BCUT2D eigenvalue weighted by atomic mass is 16.5. The van der Waals surface area contributed by atoms with Gasteiger partial charge in [0.05, 0.1) is 6.61 Å². The maximum atomic E-state index is 5.87. The SMILES string of the molecule is Cc1cc2c(o1)CC(C)(C)CC2NC1CCOC1. The number of aryl methyl sites for hydroxylation is 1. The predicted octanol–water partition coefficient (Wildman–Crippen LogP) is 2.98. The molecule has 3 heteroatoms. The first kappa shape index (κ1) is 12.2. The molecule has 3 nitrogen and oxygen atoms in total. The maximum Gasteiger partial charge on any atom is 0.109 e. The normalized spacial score (nSPS) is 30.4. The lowest BCUT2D eigenvalue weighted by Gasteiger charge is -2.36. The Hall–Kier alpha value is -0.800. The molecule has 0 saturated carbocycles. The molecule has 1 saturated heterocycles. The van der Waals surface area contributed by atoms with Crippen molar-refractivity contribution < 1.29 is 9.15 Å². The number of ether oxygens (including phenoxy) is 1. The zero-order chi connectivity index (χ0) is 12.8. The van der Waals surface area contributed by atoms with Crippen LogP contribution in [0.25, 0.3) is 0 Å². The van der Waals surface area contributed by atoms with E-state index in [9.17, 15) is 0 Å². The van der Waals surface area contributed by atoms with Gasteiger partial charge in [0, 0.05) is 30.7 Å². The fraction of sp³-hybridized carbons (Fsp3) is 0.733. The molecule has 100 valence electrons. The van der Waals surface area contributed by atoms with Gasteiger partial charge in [-0.2, -0.15) is 0 Å². The highest BCUT2D eigenvalue weighted by molar-refractivity contribution is 5.29. The van der Waals surface area contributed by atoms with Crippen molar-refractivity contribution in [3.63, 3.8) is 0 Å². The van der Waals surface area contributed by atoms with Crippen LogP contribution in [-0.4, -0.2) is 19.3 Å². The molecule has 0 bridgehead atoms. The Morgan fingerprint density at radius 3 is 2.94 bits per heavy atom. The lowest BCUT2D eigenvalue weighted by molar-refractivity contribution is 0.179. The third-order valence-corrected chi connectivity index (χ3v) is 4.10. The van der Waals surface area contributed by atoms with E-state index in [2.05, 4.69) is 25.2 Å². The van der Waals surface area contributed by atoms with Crippen LogP contribution in [0.1, 0.15) is 49.8 Å². The van der Waals surface area contributed by atoms with Crippen LogP contribution in [-0.2, 0) is 11.2 Å². The first-order valence-corrected chi connectivity index (χ1v) is 6.96. The lowest BCUT2D eigenvalue weighted by atomic mass is 9.74. The largest absolute Gasteiger partial charge is 0.466 e. The number of fused-ring (bicyclic) bond motifs is 1. The van der Waals surface area contributed by atoms with Crippen LogP contribution in [0.2, 0.25) is 0 Å². The molecule has 1 aliphatic heterocycles. The van der Waals surface area contributed by atoms with Crippen molar-refractivity contribution in [2.45, 2.75) is 52.1 Å². The molecule has 0 spiro atoms. The molecule has 2 atom stereocenters. The van der Waals surface area contributed by atoms with Crippen LogP contribution in [0.15, 0.2) is 10.5 Å². The van der Waals surface area contributed by atoms with Gasteiger partial charge in [-0.1, -0.05) is 13.8 Å². The van der Waals surface area contributed by atoms with Gasteiger partial charge in [-0.15, -0.1) is 0 Å². The summed E-state index contributed by atoms with van der Waals surface area (Å²) in [5.74, 6) is 2.22. The summed E-state index contributed by atoms with van der Waals surface area (Å²) < 4.78 is 11.3. The van der Waals surface area contributed by atoms with Crippen molar-refractivity contribution in [3.05, 3.63) is 23.2 Å². The van der Waals surface area contributed by atoms with Crippen molar-refractivity contribution in [2.24, 2.45) is 5.41 Å². The molecule has 3 rings (SSSR count). The Morgan fingerprint density at radius 1 is 1.39 bits per heavy atom. The maximum absolute atomic E-state index is 5.87. The van der Waals surface area contributed by atoms with Crippen molar-refractivity contribution in [1.29, 1.82) is 0 Å². The topological polar surface area (TPSA) is 34.4 Å². The van der Waals surface area contributed by atoms with Crippen LogP contribution in [0, 0.1) is 12.3 Å². The molecular formula is C15H23NO2. The summed E-state index contributed by atoms with van der Waals surface area (Å²) in [5.41, 5.74) is 1.69. The van der Waals surface area contributed by atoms with Crippen molar-refractivity contribution in [3.8, 4) is 0 Å². The second-order valence-electron chi connectivity index (χ2n) is 6.56. The van der Waals surface area contributed by atoms with Crippen molar-refractivity contribution in [2.75, 3.05) is 13.2 Å². The standard InChI is InChI=1S/C15H23NO2/c1-10-6-12-13(16-11-4-5-17-9-11)7-15(2,3)8-14(12)18-10/h6,11,13,16H,4-5,7-9H2,1-3H3. The molecule has 1 N–H and O–H groups in total. The Bertz CT molecular complexity index is 430. The summed E-state index contributed by atoms with van der Waals surface area (Å²) in [6.07, 6.45) is 3.36. The third kappa shape index (κ3) is 2.34. The van der Waals surface area contributed by atoms with Gasteiger partial charge >= 0.3 is 0 Å². The first-order valence-electron chi connectivity index (χ1n) is 6.96. The summed E-state index contributed by atoms with van der Waals surface area (Å²) in [6.45, 7) is 8.44. The molecule has 1 aromatic heterocycles. The van der Waals surface area contributed by atoms with E-state index in [-0.39, 0.29) is 0 Å². The lowest BCUT2D eigenvalue weighted by Crippen LogP contribution is -2.38. The van der Waals surface area contributed by atoms with E-state index >= 15 is 0 Å². The highest BCUT2D eigenvalue weighted by Crippen LogP contribution is 2.42. The summed E-state index contributed by atoms with van der Waals surface area (Å²) in [6, 6.07) is 3.14. The molecule has 0 amide bonds. The molecule has 0 aromatic carbocycles. The van der Waals surface area contributed by atoms with E-state index in [0.717, 1.165) is 31.8 Å². The second kappa shape index (κ2) is 4.39. The minimum atomic E-state index is 0.314. The minimum Gasteiger partial charge on any atom is -0.466 e.